The van der Waals surface area contributed by atoms with Gasteiger partial charge in [0.1, 0.15) is 11.9 Å². The topological polar surface area (TPSA) is 52.5 Å². The van der Waals surface area contributed by atoms with Crippen LogP contribution in [0.4, 0.5) is 4.39 Å². The Bertz CT molecular complexity index is 560. The molecule has 1 unspecified atom stereocenters. The van der Waals surface area contributed by atoms with Crippen LogP contribution in [-0.2, 0) is 6.42 Å². The Morgan fingerprint density at radius 1 is 1.00 bits per heavy atom. The lowest BCUT2D eigenvalue weighted by Crippen LogP contribution is -2.21. The molecule has 4 heteroatoms. The molecule has 0 spiro atoms. The maximum absolute atomic E-state index is 14.1. The van der Waals surface area contributed by atoms with Crippen LogP contribution < -0.4 is 5.32 Å². The van der Waals surface area contributed by atoms with E-state index in [9.17, 15) is 9.50 Å². The summed E-state index contributed by atoms with van der Waals surface area (Å²) in [5, 5.41) is 22.2. The van der Waals surface area contributed by atoms with Gasteiger partial charge in [-0.25, -0.2) is 4.39 Å². The average Bonchev–Trinajstić information content (AvgIpc) is 2.52. The van der Waals surface area contributed by atoms with Crippen molar-refractivity contribution in [2.45, 2.75) is 12.5 Å². The van der Waals surface area contributed by atoms with Crippen LogP contribution in [0.2, 0.25) is 0 Å². The second kappa shape index (κ2) is 7.88. The van der Waals surface area contributed by atoms with Gasteiger partial charge in [0.2, 0.25) is 0 Å². The smallest absolute Gasteiger partial charge is 0.129 e. The predicted octanol–water partition coefficient (Wildman–Crippen LogP) is 2.03. The Kier molecular flexibility index (Phi) is 5.87. The zero-order valence-corrected chi connectivity index (χ0v) is 11.8. The Morgan fingerprint density at radius 3 is 2.48 bits per heavy atom. The highest BCUT2D eigenvalue weighted by atomic mass is 19.1. The fourth-order valence-corrected chi connectivity index (χ4v) is 2.34. The molecule has 0 aromatic heterocycles. The fraction of sp³-hybridized carbons (Fsp3) is 0.294. The van der Waals surface area contributed by atoms with Gasteiger partial charge < -0.3 is 15.5 Å². The van der Waals surface area contributed by atoms with Crippen molar-refractivity contribution in [3.05, 3.63) is 71.0 Å². The zero-order valence-electron chi connectivity index (χ0n) is 11.8. The summed E-state index contributed by atoms with van der Waals surface area (Å²) in [4.78, 5) is 0. The first-order valence-electron chi connectivity index (χ1n) is 7.06. The summed E-state index contributed by atoms with van der Waals surface area (Å²) in [7, 11) is 0. The maximum Gasteiger partial charge on any atom is 0.129 e. The van der Waals surface area contributed by atoms with Gasteiger partial charge in [0.25, 0.3) is 0 Å². The van der Waals surface area contributed by atoms with Gasteiger partial charge in [0.05, 0.1) is 6.61 Å². The largest absolute Gasteiger partial charge is 0.395 e. The third kappa shape index (κ3) is 4.11. The minimum absolute atomic E-state index is 0.0721. The average molecular weight is 289 g/mol. The van der Waals surface area contributed by atoms with Crippen molar-refractivity contribution >= 4 is 0 Å². The summed E-state index contributed by atoms with van der Waals surface area (Å²) in [6, 6.07) is 13.9. The number of aliphatic hydroxyl groups is 2. The standard InChI is InChI=1S/C17H20FNO2/c18-15-8-4-7-13(9-10-19-11-12-20)16(15)17(21)14-5-2-1-3-6-14/h1-8,17,19-21H,9-12H2. The number of nitrogens with one attached hydrogen (secondary N) is 1. The van der Waals surface area contributed by atoms with Crippen LogP contribution in [0.25, 0.3) is 0 Å². The summed E-state index contributed by atoms with van der Waals surface area (Å²) >= 11 is 0. The van der Waals surface area contributed by atoms with Gasteiger partial charge in [0.15, 0.2) is 0 Å². The molecule has 3 nitrogen and oxygen atoms in total. The van der Waals surface area contributed by atoms with Gasteiger partial charge in [-0.1, -0.05) is 42.5 Å². The molecule has 1 atom stereocenters. The van der Waals surface area contributed by atoms with Crippen molar-refractivity contribution in [2.75, 3.05) is 19.7 Å². The van der Waals surface area contributed by atoms with Crippen molar-refractivity contribution < 1.29 is 14.6 Å². The molecule has 0 aliphatic heterocycles. The summed E-state index contributed by atoms with van der Waals surface area (Å²) in [6.45, 7) is 1.20. The monoisotopic (exact) mass is 289 g/mol. The van der Waals surface area contributed by atoms with Crippen molar-refractivity contribution in [3.63, 3.8) is 0 Å². The normalized spacial score (nSPS) is 12.3. The maximum atomic E-state index is 14.1. The van der Waals surface area contributed by atoms with Crippen molar-refractivity contribution in [1.29, 1.82) is 0 Å². The van der Waals surface area contributed by atoms with E-state index in [2.05, 4.69) is 5.32 Å². The number of halogens is 1. The predicted molar refractivity (Wildman–Crippen MR) is 80.6 cm³/mol. The van der Waals surface area contributed by atoms with Crippen molar-refractivity contribution in [3.8, 4) is 0 Å². The Labute approximate surface area is 124 Å². The zero-order chi connectivity index (χ0) is 15.1. The third-order valence-electron chi connectivity index (χ3n) is 3.39. The van der Waals surface area contributed by atoms with E-state index < -0.39 is 11.9 Å². The van der Waals surface area contributed by atoms with Gasteiger partial charge in [-0.3, -0.25) is 0 Å². The first-order valence-corrected chi connectivity index (χ1v) is 7.06. The van der Waals surface area contributed by atoms with Gasteiger partial charge in [-0.05, 0) is 30.2 Å². The van der Waals surface area contributed by atoms with Crippen molar-refractivity contribution in [2.24, 2.45) is 0 Å². The van der Waals surface area contributed by atoms with E-state index in [1.54, 1.807) is 18.2 Å². The lowest BCUT2D eigenvalue weighted by Gasteiger charge is -2.17. The minimum Gasteiger partial charge on any atom is -0.395 e. The second-order valence-corrected chi connectivity index (χ2v) is 4.85. The Balaban J connectivity index is 2.21. The van der Waals surface area contributed by atoms with Crippen LogP contribution in [0.5, 0.6) is 0 Å². The van der Waals surface area contributed by atoms with Gasteiger partial charge in [-0.2, -0.15) is 0 Å². The van der Waals surface area contributed by atoms with Crippen LogP contribution in [0.3, 0.4) is 0 Å². The Hall–Kier alpha value is -1.75. The third-order valence-corrected chi connectivity index (χ3v) is 3.39. The molecule has 0 fully saturated rings. The number of rotatable bonds is 7. The van der Waals surface area contributed by atoms with E-state index in [4.69, 9.17) is 5.11 Å². The Morgan fingerprint density at radius 2 is 1.76 bits per heavy atom. The first kappa shape index (κ1) is 15.6. The molecule has 0 saturated heterocycles. The molecular formula is C17H20FNO2. The second-order valence-electron chi connectivity index (χ2n) is 4.85. The molecule has 21 heavy (non-hydrogen) atoms. The lowest BCUT2D eigenvalue weighted by atomic mass is 9.94. The van der Waals surface area contributed by atoms with Crippen LogP contribution in [0.1, 0.15) is 22.8 Å². The highest BCUT2D eigenvalue weighted by Gasteiger charge is 2.18. The number of hydrogen-bond donors (Lipinski definition) is 3. The fourth-order valence-electron chi connectivity index (χ4n) is 2.34. The van der Waals surface area contributed by atoms with Gasteiger partial charge in [-0.15, -0.1) is 0 Å². The molecule has 0 amide bonds. The van der Waals surface area contributed by atoms with E-state index in [-0.39, 0.29) is 6.61 Å². The quantitative estimate of drug-likeness (QED) is 0.684. The van der Waals surface area contributed by atoms with E-state index >= 15 is 0 Å². The van der Waals surface area contributed by atoms with E-state index in [1.165, 1.54) is 6.07 Å². The molecule has 0 aliphatic rings. The van der Waals surface area contributed by atoms with Crippen LogP contribution >= 0.6 is 0 Å². The SMILES string of the molecule is OCCNCCc1cccc(F)c1C(O)c1ccccc1. The van der Waals surface area contributed by atoms with E-state index in [1.807, 2.05) is 24.3 Å². The van der Waals surface area contributed by atoms with Gasteiger partial charge in [0, 0.05) is 12.1 Å². The summed E-state index contributed by atoms with van der Waals surface area (Å²) in [5.41, 5.74) is 1.78. The molecule has 112 valence electrons. The number of benzene rings is 2. The molecular weight excluding hydrogens is 269 g/mol. The molecule has 3 N–H and O–H groups in total. The molecule has 0 radical (unpaired) electrons. The highest BCUT2D eigenvalue weighted by Crippen LogP contribution is 2.27. The van der Waals surface area contributed by atoms with E-state index in [0.717, 1.165) is 5.56 Å². The summed E-state index contributed by atoms with van der Waals surface area (Å²) in [6.07, 6.45) is -0.378. The first-order chi connectivity index (χ1) is 10.2. The number of hydrogen-bond acceptors (Lipinski definition) is 3. The summed E-state index contributed by atoms with van der Waals surface area (Å²) in [5.74, 6) is -0.397. The molecule has 0 heterocycles. The lowest BCUT2D eigenvalue weighted by molar-refractivity contribution is 0.213. The highest BCUT2D eigenvalue weighted by molar-refractivity contribution is 5.37. The molecule has 0 aliphatic carbocycles. The van der Waals surface area contributed by atoms with E-state index in [0.29, 0.717) is 30.6 Å². The van der Waals surface area contributed by atoms with Gasteiger partial charge >= 0.3 is 0 Å². The van der Waals surface area contributed by atoms with Crippen LogP contribution in [0, 0.1) is 5.82 Å². The van der Waals surface area contributed by atoms with Crippen LogP contribution in [-0.4, -0.2) is 29.9 Å². The molecule has 2 rings (SSSR count). The minimum atomic E-state index is -0.972. The molecule has 0 saturated carbocycles. The summed E-state index contributed by atoms with van der Waals surface area (Å²) < 4.78 is 14.1. The molecule has 2 aromatic carbocycles. The van der Waals surface area contributed by atoms with Crippen LogP contribution in [0.15, 0.2) is 48.5 Å². The molecule has 2 aromatic rings. The number of aliphatic hydroxyl groups excluding tert-OH is 2. The molecule has 0 bridgehead atoms. The van der Waals surface area contributed by atoms with Crippen molar-refractivity contribution in [1.82, 2.24) is 5.32 Å².